The SMILES string of the molecule is Cc1nc(CN(C)CC(=O)N2N=C(c3cccs3)C[C@@H]2c2cccs2)n[nH]1. The first-order chi connectivity index (χ1) is 13.1. The van der Waals surface area contributed by atoms with Crippen molar-refractivity contribution in [2.45, 2.75) is 25.9 Å². The van der Waals surface area contributed by atoms with Gasteiger partial charge < -0.3 is 0 Å². The van der Waals surface area contributed by atoms with Crippen molar-refractivity contribution in [3.63, 3.8) is 0 Å². The monoisotopic (exact) mass is 400 g/mol. The smallest absolute Gasteiger partial charge is 0.257 e. The average molecular weight is 401 g/mol. The molecule has 0 aliphatic carbocycles. The van der Waals surface area contributed by atoms with E-state index in [9.17, 15) is 4.79 Å². The van der Waals surface area contributed by atoms with Gasteiger partial charge in [-0.25, -0.2) is 9.99 Å². The molecule has 4 heterocycles. The second kappa shape index (κ2) is 7.71. The van der Waals surface area contributed by atoms with Crippen LogP contribution in [0.5, 0.6) is 0 Å². The summed E-state index contributed by atoms with van der Waals surface area (Å²) in [6.45, 7) is 2.63. The molecule has 0 bridgehead atoms. The number of aromatic nitrogens is 3. The Morgan fingerprint density at radius 2 is 2.15 bits per heavy atom. The molecule has 1 atom stereocenters. The van der Waals surface area contributed by atoms with Crippen LogP contribution >= 0.6 is 22.7 Å². The lowest BCUT2D eigenvalue weighted by atomic mass is 10.1. The van der Waals surface area contributed by atoms with Crippen LogP contribution in [0.1, 0.15) is 33.9 Å². The number of hydrazone groups is 1. The highest BCUT2D eigenvalue weighted by Crippen LogP contribution is 2.35. The van der Waals surface area contributed by atoms with Gasteiger partial charge in [-0.15, -0.1) is 22.7 Å². The van der Waals surface area contributed by atoms with Gasteiger partial charge in [-0.3, -0.25) is 14.8 Å². The lowest BCUT2D eigenvalue weighted by Crippen LogP contribution is -2.36. The Morgan fingerprint density at radius 1 is 1.33 bits per heavy atom. The highest BCUT2D eigenvalue weighted by atomic mass is 32.1. The van der Waals surface area contributed by atoms with Gasteiger partial charge >= 0.3 is 0 Å². The topological polar surface area (TPSA) is 77.5 Å². The number of aromatic amines is 1. The zero-order valence-corrected chi connectivity index (χ0v) is 16.8. The summed E-state index contributed by atoms with van der Waals surface area (Å²) in [5.41, 5.74) is 0.976. The summed E-state index contributed by atoms with van der Waals surface area (Å²) >= 11 is 3.32. The van der Waals surface area contributed by atoms with Crippen molar-refractivity contribution < 1.29 is 4.79 Å². The number of nitrogens with one attached hydrogen (secondary N) is 1. The quantitative estimate of drug-likeness (QED) is 0.690. The van der Waals surface area contributed by atoms with E-state index in [1.165, 1.54) is 0 Å². The van der Waals surface area contributed by atoms with E-state index in [1.807, 2.05) is 41.8 Å². The van der Waals surface area contributed by atoms with Gasteiger partial charge in [0, 0.05) is 11.3 Å². The third-order valence-corrected chi connectivity index (χ3v) is 6.20. The average Bonchev–Trinajstić information content (AvgIpc) is 3.41. The number of thiophene rings is 2. The van der Waals surface area contributed by atoms with Gasteiger partial charge in [-0.05, 0) is 36.9 Å². The molecular weight excluding hydrogens is 380 g/mol. The molecule has 0 saturated carbocycles. The van der Waals surface area contributed by atoms with Crippen LogP contribution in [0.25, 0.3) is 0 Å². The fraction of sp³-hybridized carbons (Fsp3) is 0.333. The molecule has 0 spiro atoms. The van der Waals surface area contributed by atoms with Crippen LogP contribution in [0, 0.1) is 6.92 Å². The van der Waals surface area contributed by atoms with Crippen molar-refractivity contribution >= 4 is 34.3 Å². The van der Waals surface area contributed by atoms with E-state index >= 15 is 0 Å². The Labute approximate surface area is 165 Å². The molecule has 1 amide bonds. The molecule has 0 fully saturated rings. The molecule has 7 nitrogen and oxygen atoms in total. The van der Waals surface area contributed by atoms with E-state index in [4.69, 9.17) is 0 Å². The zero-order chi connectivity index (χ0) is 18.8. The summed E-state index contributed by atoms with van der Waals surface area (Å²) in [5, 5.41) is 17.4. The summed E-state index contributed by atoms with van der Waals surface area (Å²) < 4.78 is 0. The van der Waals surface area contributed by atoms with Crippen LogP contribution in [0.3, 0.4) is 0 Å². The minimum Gasteiger partial charge on any atom is -0.290 e. The summed E-state index contributed by atoms with van der Waals surface area (Å²) in [7, 11) is 1.89. The molecule has 1 aliphatic rings. The third kappa shape index (κ3) is 4.00. The van der Waals surface area contributed by atoms with Gasteiger partial charge in [0.25, 0.3) is 5.91 Å². The number of rotatable bonds is 6. The standard InChI is InChI=1S/C18H20N6OS2/c1-12-19-17(21-20-12)10-23(2)11-18(25)24-14(16-6-4-8-27-16)9-13(22-24)15-5-3-7-26-15/h3-8,14H,9-11H2,1-2H3,(H,19,20,21)/t14-/m1/s1. The van der Waals surface area contributed by atoms with Crippen molar-refractivity contribution in [3.05, 3.63) is 56.4 Å². The molecule has 9 heteroatoms. The highest BCUT2D eigenvalue weighted by molar-refractivity contribution is 7.12. The van der Waals surface area contributed by atoms with E-state index in [0.29, 0.717) is 12.4 Å². The second-order valence-corrected chi connectivity index (χ2v) is 8.43. The number of carbonyl (C=O) groups is 1. The molecule has 0 radical (unpaired) electrons. The molecule has 140 valence electrons. The van der Waals surface area contributed by atoms with Gasteiger partial charge in [0.2, 0.25) is 0 Å². The van der Waals surface area contributed by atoms with E-state index in [1.54, 1.807) is 27.7 Å². The maximum Gasteiger partial charge on any atom is 0.257 e. The normalized spacial score (nSPS) is 16.9. The number of likely N-dealkylation sites (N-methyl/N-ethyl adjacent to an activating group) is 1. The molecule has 3 aromatic heterocycles. The van der Waals surface area contributed by atoms with E-state index in [0.717, 1.165) is 27.7 Å². The molecule has 0 saturated heterocycles. The third-order valence-electron chi connectivity index (χ3n) is 4.30. The fourth-order valence-corrected chi connectivity index (χ4v) is 4.63. The number of aryl methyl sites for hydroxylation is 1. The lowest BCUT2D eigenvalue weighted by molar-refractivity contribution is -0.134. The Morgan fingerprint density at radius 3 is 2.81 bits per heavy atom. The van der Waals surface area contributed by atoms with Gasteiger partial charge in [0.1, 0.15) is 5.82 Å². The van der Waals surface area contributed by atoms with Crippen LogP contribution in [0.2, 0.25) is 0 Å². The van der Waals surface area contributed by atoms with Crippen LogP contribution in [-0.2, 0) is 11.3 Å². The molecule has 0 aromatic carbocycles. The minimum atomic E-state index is -0.0336. The predicted octanol–water partition coefficient (Wildman–Crippen LogP) is 3.05. The molecule has 27 heavy (non-hydrogen) atoms. The van der Waals surface area contributed by atoms with Crippen LogP contribution in [0.4, 0.5) is 0 Å². The van der Waals surface area contributed by atoms with Crippen LogP contribution in [0.15, 0.2) is 40.1 Å². The first-order valence-electron chi connectivity index (χ1n) is 8.63. The van der Waals surface area contributed by atoms with E-state index < -0.39 is 0 Å². The van der Waals surface area contributed by atoms with Gasteiger partial charge in [-0.2, -0.15) is 10.2 Å². The maximum absolute atomic E-state index is 13.0. The van der Waals surface area contributed by atoms with Crippen molar-refractivity contribution in [1.29, 1.82) is 0 Å². The number of nitrogens with zero attached hydrogens (tertiary/aromatic N) is 5. The van der Waals surface area contributed by atoms with Gasteiger partial charge in [-0.1, -0.05) is 12.1 Å². The van der Waals surface area contributed by atoms with E-state index in [2.05, 4.69) is 32.4 Å². The summed E-state index contributed by atoms with van der Waals surface area (Å²) in [6, 6.07) is 8.13. The van der Waals surface area contributed by atoms with Gasteiger partial charge in [0.15, 0.2) is 5.82 Å². The predicted molar refractivity (Wildman–Crippen MR) is 107 cm³/mol. The first kappa shape index (κ1) is 18.0. The van der Waals surface area contributed by atoms with Gasteiger partial charge in [0.05, 0.1) is 29.7 Å². The number of amides is 1. The summed E-state index contributed by atoms with van der Waals surface area (Å²) in [6.07, 6.45) is 0.747. The Kier molecular flexibility index (Phi) is 5.15. The highest BCUT2D eigenvalue weighted by Gasteiger charge is 2.34. The number of carbonyl (C=O) groups excluding carboxylic acids is 1. The maximum atomic E-state index is 13.0. The van der Waals surface area contributed by atoms with Crippen molar-refractivity contribution in [1.82, 2.24) is 25.1 Å². The van der Waals surface area contributed by atoms with Crippen LogP contribution < -0.4 is 0 Å². The van der Waals surface area contributed by atoms with E-state index in [-0.39, 0.29) is 18.5 Å². The number of hydrogen-bond donors (Lipinski definition) is 1. The van der Waals surface area contributed by atoms with Crippen molar-refractivity contribution in [2.24, 2.45) is 5.10 Å². The largest absolute Gasteiger partial charge is 0.290 e. The fourth-order valence-electron chi connectivity index (χ4n) is 3.09. The summed E-state index contributed by atoms with van der Waals surface area (Å²) in [4.78, 5) is 21.5. The Balaban J connectivity index is 1.50. The molecule has 0 unspecified atom stereocenters. The molecule has 1 aliphatic heterocycles. The number of hydrogen-bond acceptors (Lipinski definition) is 7. The molecule has 1 N–H and O–H groups in total. The summed E-state index contributed by atoms with van der Waals surface area (Å²) in [5.74, 6) is 1.43. The molecular formula is C18H20N6OS2. The second-order valence-electron chi connectivity index (χ2n) is 6.51. The minimum absolute atomic E-state index is 0.0188. The van der Waals surface area contributed by atoms with Crippen molar-refractivity contribution in [2.75, 3.05) is 13.6 Å². The molecule has 3 aromatic rings. The lowest BCUT2D eigenvalue weighted by Gasteiger charge is -2.23. The molecule has 4 rings (SSSR count). The Bertz CT molecular complexity index is 931. The first-order valence-corrected chi connectivity index (χ1v) is 10.4. The van der Waals surface area contributed by atoms with Crippen molar-refractivity contribution in [3.8, 4) is 0 Å². The zero-order valence-electron chi connectivity index (χ0n) is 15.1. The number of H-pyrrole nitrogens is 1. The van der Waals surface area contributed by atoms with Crippen LogP contribution in [-0.4, -0.2) is 50.3 Å². The Hall–Kier alpha value is -2.36.